The number of anilines is 1. The van der Waals surface area contributed by atoms with E-state index >= 15 is 0 Å². The van der Waals surface area contributed by atoms with Gasteiger partial charge in [-0.1, -0.05) is 11.6 Å². The number of carbonyl (C=O) groups excluding carboxylic acids is 1. The molecule has 0 aliphatic heterocycles. The van der Waals surface area contributed by atoms with Gasteiger partial charge in [0.25, 0.3) is 0 Å². The van der Waals surface area contributed by atoms with Crippen molar-refractivity contribution >= 4 is 41.1 Å². The van der Waals surface area contributed by atoms with Gasteiger partial charge >= 0.3 is 12.0 Å². The number of benzene rings is 1. The average molecular weight is 321 g/mol. The Labute approximate surface area is 124 Å². The van der Waals surface area contributed by atoms with Crippen LogP contribution in [0, 0.1) is 5.82 Å². The molecule has 3 N–H and O–H groups in total. The van der Waals surface area contributed by atoms with Gasteiger partial charge in [0, 0.05) is 5.02 Å². The number of thioether (sulfide) groups is 1. The number of carboxylic acid groups (broad SMARTS) is 1. The first kappa shape index (κ1) is 16.6. The molecule has 0 bridgehead atoms. The fourth-order valence-electron chi connectivity index (χ4n) is 1.40. The van der Waals surface area contributed by atoms with Gasteiger partial charge in [-0.05, 0) is 36.6 Å². The molecule has 5 nitrogen and oxygen atoms in total. The van der Waals surface area contributed by atoms with Crippen molar-refractivity contribution in [3.05, 3.63) is 29.0 Å². The molecule has 0 saturated heterocycles. The van der Waals surface area contributed by atoms with Crippen LogP contribution in [0.25, 0.3) is 0 Å². The van der Waals surface area contributed by atoms with Crippen LogP contribution in [-0.2, 0) is 4.79 Å². The third kappa shape index (κ3) is 5.26. The minimum absolute atomic E-state index is 0.107. The largest absolute Gasteiger partial charge is 0.480 e. The maximum Gasteiger partial charge on any atom is 0.326 e. The number of carboxylic acids is 1. The predicted molar refractivity (Wildman–Crippen MR) is 78.0 cm³/mol. The third-order valence-corrected chi connectivity index (χ3v) is 3.27. The molecule has 0 saturated carbocycles. The van der Waals surface area contributed by atoms with Crippen molar-refractivity contribution < 1.29 is 19.1 Å². The second-order valence-electron chi connectivity index (χ2n) is 3.89. The van der Waals surface area contributed by atoms with Crippen molar-refractivity contribution in [3.63, 3.8) is 0 Å². The molecular formula is C12H14ClFN2O3S. The van der Waals surface area contributed by atoms with Crippen molar-refractivity contribution in [2.45, 2.75) is 12.5 Å². The van der Waals surface area contributed by atoms with E-state index in [-0.39, 0.29) is 17.1 Å². The van der Waals surface area contributed by atoms with E-state index in [4.69, 9.17) is 16.7 Å². The van der Waals surface area contributed by atoms with E-state index < -0.39 is 23.9 Å². The van der Waals surface area contributed by atoms with Crippen LogP contribution in [0.2, 0.25) is 5.02 Å². The Morgan fingerprint density at radius 3 is 2.80 bits per heavy atom. The molecule has 0 aliphatic rings. The summed E-state index contributed by atoms with van der Waals surface area (Å²) >= 11 is 7.16. The molecule has 8 heteroatoms. The topological polar surface area (TPSA) is 78.4 Å². The molecule has 0 unspecified atom stereocenters. The van der Waals surface area contributed by atoms with E-state index in [2.05, 4.69) is 10.6 Å². The van der Waals surface area contributed by atoms with Gasteiger partial charge in [0.05, 0.1) is 5.69 Å². The Balaban J connectivity index is 2.65. The van der Waals surface area contributed by atoms with Crippen molar-refractivity contribution in [3.8, 4) is 0 Å². The molecule has 1 atom stereocenters. The number of urea groups is 1. The maximum absolute atomic E-state index is 13.4. The average Bonchev–Trinajstić information content (AvgIpc) is 2.38. The van der Waals surface area contributed by atoms with Crippen LogP contribution >= 0.6 is 23.4 Å². The molecule has 20 heavy (non-hydrogen) atoms. The first-order chi connectivity index (χ1) is 9.43. The molecule has 1 rings (SSSR count). The molecule has 0 spiro atoms. The smallest absolute Gasteiger partial charge is 0.326 e. The minimum atomic E-state index is -1.14. The normalized spacial score (nSPS) is 11.8. The highest BCUT2D eigenvalue weighted by molar-refractivity contribution is 7.98. The molecule has 2 amide bonds. The quantitative estimate of drug-likeness (QED) is 0.753. The van der Waals surface area contributed by atoms with E-state index in [1.54, 1.807) is 0 Å². The van der Waals surface area contributed by atoms with Gasteiger partial charge < -0.3 is 15.7 Å². The van der Waals surface area contributed by atoms with Crippen molar-refractivity contribution in [1.82, 2.24) is 5.32 Å². The Morgan fingerprint density at radius 1 is 1.50 bits per heavy atom. The summed E-state index contributed by atoms with van der Waals surface area (Å²) < 4.78 is 13.4. The zero-order chi connectivity index (χ0) is 15.1. The van der Waals surface area contributed by atoms with Gasteiger partial charge in [0.2, 0.25) is 0 Å². The summed E-state index contributed by atoms with van der Waals surface area (Å²) in [6.45, 7) is 0. The van der Waals surface area contributed by atoms with Crippen molar-refractivity contribution in [2.75, 3.05) is 17.3 Å². The summed E-state index contributed by atoms with van der Waals surface area (Å²) in [6, 6.07) is 1.89. The summed E-state index contributed by atoms with van der Waals surface area (Å²) in [5.41, 5.74) is -0.107. The highest BCUT2D eigenvalue weighted by Crippen LogP contribution is 2.19. The SMILES string of the molecule is CSCC[C@H](NC(=O)Nc1cc(Cl)ccc1F)C(=O)O. The minimum Gasteiger partial charge on any atom is -0.480 e. The zero-order valence-corrected chi connectivity index (χ0v) is 12.2. The third-order valence-electron chi connectivity index (χ3n) is 2.39. The molecule has 1 aromatic rings. The number of aliphatic carboxylic acids is 1. The lowest BCUT2D eigenvalue weighted by atomic mass is 10.2. The van der Waals surface area contributed by atoms with E-state index in [9.17, 15) is 14.0 Å². The van der Waals surface area contributed by atoms with Crippen LogP contribution in [0.4, 0.5) is 14.9 Å². The first-order valence-corrected chi connectivity index (χ1v) is 7.45. The first-order valence-electron chi connectivity index (χ1n) is 5.68. The lowest BCUT2D eigenvalue weighted by Gasteiger charge is -2.15. The Bertz CT molecular complexity index is 502. The fourth-order valence-corrected chi connectivity index (χ4v) is 2.05. The maximum atomic E-state index is 13.4. The van der Waals surface area contributed by atoms with Crippen molar-refractivity contribution in [1.29, 1.82) is 0 Å². The van der Waals surface area contributed by atoms with Crippen LogP contribution in [0.3, 0.4) is 0 Å². The molecule has 0 fully saturated rings. The summed E-state index contributed by atoms with van der Waals surface area (Å²) in [4.78, 5) is 22.6. The van der Waals surface area contributed by atoms with Gasteiger partial charge in [-0.2, -0.15) is 11.8 Å². The second-order valence-corrected chi connectivity index (χ2v) is 5.32. The van der Waals surface area contributed by atoms with Crippen LogP contribution < -0.4 is 10.6 Å². The number of rotatable bonds is 6. The van der Waals surface area contributed by atoms with E-state index in [0.717, 1.165) is 6.07 Å². The Morgan fingerprint density at radius 2 is 2.20 bits per heavy atom. The number of hydrogen-bond acceptors (Lipinski definition) is 3. The summed E-state index contributed by atoms with van der Waals surface area (Å²) in [5, 5.41) is 13.7. The Kier molecular flexibility index (Phi) is 6.60. The van der Waals surface area contributed by atoms with Crippen LogP contribution in [0.5, 0.6) is 0 Å². The molecule has 0 radical (unpaired) electrons. The summed E-state index contributed by atoms with van der Waals surface area (Å²) in [7, 11) is 0. The molecule has 0 aromatic heterocycles. The van der Waals surface area contributed by atoms with Crippen LogP contribution in [0.15, 0.2) is 18.2 Å². The second kappa shape index (κ2) is 7.96. The monoisotopic (exact) mass is 320 g/mol. The van der Waals surface area contributed by atoms with Crippen molar-refractivity contribution in [2.24, 2.45) is 0 Å². The van der Waals surface area contributed by atoms with E-state index in [1.165, 1.54) is 23.9 Å². The lowest BCUT2D eigenvalue weighted by molar-refractivity contribution is -0.139. The van der Waals surface area contributed by atoms with Gasteiger partial charge in [-0.15, -0.1) is 0 Å². The fraction of sp³-hybridized carbons (Fsp3) is 0.333. The van der Waals surface area contributed by atoms with Gasteiger partial charge in [-0.25, -0.2) is 14.0 Å². The van der Waals surface area contributed by atoms with Crippen LogP contribution in [0.1, 0.15) is 6.42 Å². The number of nitrogens with one attached hydrogen (secondary N) is 2. The standard InChI is InChI=1S/C12H14ClFN2O3S/c1-20-5-4-9(11(17)18)15-12(19)16-10-6-7(13)2-3-8(10)14/h2-3,6,9H,4-5H2,1H3,(H,17,18)(H2,15,16,19)/t9-/m0/s1. The van der Waals surface area contributed by atoms with Gasteiger partial charge in [-0.3, -0.25) is 0 Å². The number of hydrogen-bond donors (Lipinski definition) is 3. The summed E-state index contributed by atoms with van der Waals surface area (Å²) in [6.07, 6.45) is 2.11. The molecule has 1 aromatic carbocycles. The lowest BCUT2D eigenvalue weighted by Crippen LogP contribution is -2.43. The number of carbonyl (C=O) groups is 2. The van der Waals surface area contributed by atoms with Gasteiger partial charge in [0.15, 0.2) is 0 Å². The highest BCUT2D eigenvalue weighted by Gasteiger charge is 2.19. The summed E-state index contributed by atoms with van der Waals surface area (Å²) in [5.74, 6) is -1.20. The molecule has 0 aliphatic carbocycles. The Hall–Kier alpha value is -1.47. The van der Waals surface area contributed by atoms with E-state index in [1.807, 2.05) is 6.26 Å². The predicted octanol–water partition coefficient (Wildman–Crippen LogP) is 2.81. The molecule has 110 valence electrons. The van der Waals surface area contributed by atoms with Gasteiger partial charge in [0.1, 0.15) is 11.9 Å². The highest BCUT2D eigenvalue weighted by atomic mass is 35.5. The molecule has 0 heterocycles. The molecular weight excluding hydrogens is 307 g/mol. The number of halogens is 2. The number of amides is 2. The van der Waals surface area contributed by atoms with E-state index in [0.29, 0.717) is 5.75 Å². The van der Waals surface area contributed by atoms with Crippen LogP contribution in [-0.4, -0.2) is 35.2 Å². The zero-order valence-electron chi connectivity index (χ0n) is 10.7.